The van der Waals surface area contributed by atoms with E-state index < -0.39 is 0 Å². The van der Waals surface area contributed by atoms with Crippen molar-refractivity contribution in [2.24, 2.45) is 0 Å². The Bertz CT molecular complexity index is 778. The number of hydrogen-bond donors (Lipinski definition) is 1. The molecule has 0 radical (unpaired) electrons. The lowest BCUT2D eigenvalue weighted by atomic mass is 10.4. The SMILES string of the molecule is C[C@@H](Sc1nnc2ccccn12)C(=O)NCCN1C(=O)CSC1=O. The third kappa shape index (κ3) is 3.54. The van der Waals surface area contributed by atoms with Crippen molar-refractivity contribution in [3.05, 3.63) is 24.4 Å². The molecule has 0 bridgehead atoms. The van der Waals surface area contributed by atoms with Crippen LogP contribution in [0, 0.1) is 0 Å². The summed E-state index contributed by atoms with van der Waals surface area (Å²) in [6, 6.07) is 5.57. The van der Waals surface area contributed by atoms with Crippen LogP contribution in [0.25, 0.3) is 5.65 Å². The van der Waals surface area contributed by atoms with Gasteiger partial charge in [0.2, 0.25) is 11.8 Å². The lowest BCUT2D eigenvalue weighted by Crippen LogP contribution is -2.39. The highest BCUT2D eigenvalue weighted by Crippen LogP contribution is 2.22. The Labute approximate surface area is 146 Å². The number of nitrogens with zero attached hydrogens (tertiary/aromatic N) is 4. The molecule has 1 aliphatic rings. The van der Waals surface area contributed by atoms with E-state index in [0.29, 0.717) is 5.16 Å². The zero-order valence-corrected chi connectivity index (χ0v) is 14.5. The molecule has 1 saturated heterocycles. The molecule has 126 valence electrons. The number of fused-ring (bicyclic) bond motifs is 1. The number of pyridine rings is 1. The zero-order chi connectivity index (χ0) is 17.1. The minimum Gasteiger partial charge on any atom is -0.353 e. The second-order valence-corrected chi connectivity index (χ2v) is 7.30. The molecule has 1 aliphatic heterocycles. The Kier molecular flexibility index (Phi) is 5.05. The summed E-state index contributed by atoms with van der Waals surface area (Å²) < 4.78 is 1.81. The molecular weight excluding hydrogens is 350 g/mol. The fraction of sp³-hybridized carbons (Fsp3) is 0.357. The maximum Gasteiger partial charge on any atom is 0.288 e. The predicted octanol–water partition coefficient (Wildman–Crippen LogP) is 1.02. The summed E-state index contributed by atoms with van der Waals surface area (Å²) in [4.78, 5) is 36.3. The fourth-order valence-electron chi connectivity index (χ4n) is 2.14. The minimum absolute atomic E-state index is 0.180. The number of carbonyl (C=O) groups is 3. The maximum absolute atomic E-state index is 12.2. The summed E-state index contributed by atoms with van der Waals surface area (Å²) in [7, 11) is 0. The Hall–Kier alpha value is -2.07. The summed E-state index contributed by atoms with van der Waals surface area (Å²) in [5.74, 6) is -0.213. The van der Waals surface area contributed by atoms with E-state index in [0.717, 1.165) is 22.3 Å². The van der Waals surface area contributed by atoms with Crippen LogP contribution < -0.4 is 5.32 Å². The van der Waals surface area contributed by atoms with E-state index in [1.807, 2.05) is 28.8 Å². The van der Waals surface area contributed by atoms with Gasteiger partial charge in [0.05, 0.1) is 11.0 Å². The van der Waals surface area contributed by atoms with Crippen LogP contribution in [0.5, 0.6) is 0 Å². The van der Waals surface area contributed by atoms with Crippen LogP contribution >= 0.6 is 23.5 Å². The van der Waals surface area contributed by atoms with Crippen molar-refractivity contribution in [3.63, 3.8) is 0 Å². The first-order chi connectivity index (χ1) is 11.6. The van der Waals surface area contributed by atoms with Gasteiger partial charge >= 0.3 is 0 Å². The number of aromatic nitrogens is 3. The van der Waals surface area contributed by atoms with E-state index in [9.17, 15) is 14.4 Å². The average molecular weight is 365 g/mol. The van der Waals surface area contributed by atoms with E-state index >= 15 is 0 Å². The topological polar surface area (TPSA) is 96.7 Å². The fourth-order valence-corrected chi connectivity index (χ4v) is 3.76. The number of nitrogens with one attached hydrogen (secondary N) is 1. The molecule has 2 aromatic rings. The molecule has 3 amide bonds. The normalized spacial score (nSPS) is 16.0. The van der Waals surface area contributed by atoms with Gasteiger partial charge in [0.15, 0.2) is 10.8 Å². The summed E-state index contributed by atoms with van der Waals surface area (Å²) in [5, 5.41) is 10.9. The van der Waals surface area contributed by atoms with Crippen molar-refractivity contribution in [1.29, 1.82) is 0 Å². The third-order valence-corrected chi connectivity index (χ3v) is 5.32. The number of thioether (sulfide) groups is 2. The first-order valence-corrected chi connectivity index (χ1v) is 9.14. The summed E-state index contributed by atoms with van der Waals surface area (Å²) in [6.45, 7) is 2.20. The van der Waals surface area contributed by atoms with Gasteiger partial charge in [0, 0.05) is 19.3 Å². The van der Waals surface area contributed by atoms with Crippen molar-refractivity contribution >= 4 is 46.2 Å². The molecule has 8 nitrogen and oxygen atoms in total. The van der Waals surface area contributed by atoms with Gasteiger partial charge in [-0.05, 0) is 19.1 Å². The standard InChI is InChI=1S/C14H15N5O3S2/c1-9(24-13-17-16-10-4-2-3-6-18(10)13)12(21)15-5-7-19-11(20)8-23-14(19)22/h2-4,6,9H,5,7-8H2,1H3,(H,15,21)/t9-/m1/s1. The molecule has 2 aromatic heterocycles. The monoisotopic (exact) mass is 365 g/mol. The second kappa shape index (κ2) is 7.22. The van der Waals surface area contributed by atoms with Gasteiger partial charge in [-0.15, -0.1) is 10.2 Å². The van der Waals surface area contributed by atoms with Crippen LogP contribution in [0.3, 0.4) is 0 Å². The largest absolute Gasteiger partial charge is 0.353 e. The number of hydrogen-bond acceptors (Lipinski definition) is 7. The molecule has 10 heteroatoms. The van der Waals surface area contributed by atoms with Gasteiger partial charge in [0.1, 0.15) is 0 Å². The van der Waals surface area contributed by atoms with Crippen molar-refractivity contribution in [2.75, 3.05) is 18.8 Å². The Morgan fingerprint density at radius 2 is 2.25 bits per heavy atom. The van der Waals surface area contributed by atoms with E-state index in [4.69, 9.17) is 0 Å². The average Bonchev–Trinajstić information content (AvgIpc) is 3.12. The van der Waals surface area contributed by atoms with Gasteiger partial charge in [-0.3, -0.25) is 23.7 Å². The molecule has 0 unspecified atom stereocenters. The predicted molar refractivity (Wildman–Crippen MR) is 90.9 cm³/mol. The number of imide groups is 1. The summed E-state index contributed by atoms with van der Waals surface area (Å²) in [6.07, 6.45) is 1.84. The molecule has 0 aliphatic carbocycles. The van der Waals surface area contributed by atoms with Crippen LogP contribution in [0.15, 0.2) is 29.6 Å². The van der Waals surface area contributed by atoms with Crippen molar-refractivity contribution < 1.29 is 14.4 Å². The summed E-state index contributed by atoms with van der Waals surface area (Å²) >= 11 is 2.28. The van der Waals surface area contributed by atoms with Crippen LogP contribution in [0.4, 0.5) is 4.79 Å². The number of carbonyl (C=O) groups excluding carboxylic acids is 3. The number of amides is 3. The molecule has 1 N–H and O–H groups in total. The number of rotatable bonds is 6. The Morgan fingerprint density at radius 1 is 1.42 bits per heavy atom. The highest BCUT2D eigenvalue weighted by atomic mass is 32.2. The van der Waals surface area contributed by atoms with Gasteiger partial charge in [-0.1, -0.05) is 29.6 Å². The molecule has 0 aromatic carbocycles. The van der Waals surface area contributed by atoms with Crippen LogP contribution in [0.1, 0.15) is 6.92 Å². The second-order valence-electron chi connectivity index (χ2n) is 5.06. The first-order valence-electron chi connectivity index (χ1n) is 7.27. The van der Waals surface area contributed by atoms with Crippen molar-refractivity contribution in [2.45, 2.75) is 17.3 Å². The van der Waals surface area contributed by atoms with Crippen molar-refractivity contribution in [1.82, 2.24) is 24.8 Å². The Morgan fingerprint density at radius 3 is 3.00 bits per heavy atom. The van der Waals surface area contributed by atoms with Crippen molar-refractivity contribution in [3.8, 4) is 0 Å². The molecule has 3 rings (SSSR count). The third-order valence-electron chi connectivity index (χ3n) is 3.41. The highest BCUT2D eigenvalue weighted by molar-refractivity contribution is 8.14. The summed E-state index contributed by atoms with van der Waals surface area (Å²) in [5.41, 5.74) is 0.719. The molecular formula is C14H15N5O3S2. The van der Waals surface area contributed by atoms with E-state index in [2.05, 4.69) is 15.5 Å². The van der Waals surface area contributed by atoms with Gasteiger partial charge in [-0.2, -0.15) is 0 Å². The maximum atomic E-state index is 12.2. The molecule has 0 spiro atoms. The quantitative estimate of drug-likeness (QED) is 0.764. The van der Waals surface area contributed by atoms with Crippen LogP contribution in [-0.4, -0.2) is 60.6 Å². The Balaban J connectivity index is 1.51. The first kappa shape index (κ1) is 16.8. The molecule has 3 heterocycles. The van der Waals surface area contributed by atoms with Crippen LogP contribution in [-0.2, 0) is 9.59 Å². The zero-order valence-electron chi connectivity index (χ0n) is 12.8. The van der Waals surface area contributed by atoms with E-state index in [1.165, 1.54) is 11.8 Å². The molecule has 1 atom stereocenters. The van der Waals surface area contributed by atoms with Gasteiger partial charge in [0.25, 0.3) is 5.24 Å². The van der Waals surface area contributed by atoms with E-state index in [1.54, 1.807) is 6.92 Å². The van der Waals surface area contributed by atoms with Crippen LogP contribution in [0.2, 0.25) is 0 Å². The molecule has 24 heavy (non-hydrogen) atoms. The van der Waals surface area contributed by atoms with Gasteiger partial charge < -0.3 is 5.32 Å². The minimum atomic E-state index is -0.378. The van der Waals surface area contributed by atoms with E-state index in [-0.39, 0.29) is 41.1 Å². The lowest BCUT2D eigenvalue weighted by Gasteiger charge is -2.15. The molecule has 0 saturated carbocycles. The van der Waals surface area contributed by atoms with Gasteiger partial charge in [-0.25, -0.2) is 0 Å². The highest BCUT2D eigenvalue weighted by Gasteiger charge is 2.29. The lowest BCUT2D eigenvalue weighted by molar-refractivity contribution is -0.125. The smallest absolute Gasteiger partial charge is 0.288 e. The molecule has 1 fully saturated rings.